The van der Waals surface area contributed by atoms with E-state index in [0.717, 1.165) is 41.7 Å². The largest absolute Gasteiger partial charge is 0.365 e. The summed E-state index contributed by atoms with van der Waals surface area (Å²) in [6, 6.07) is 9.28. The number of carbonyl (C=O) groups is 2. The summed E-state index contributed by atoms with van der Waals surface area (Å²) in [5.74, 6) is 4.42. The maximum Gasteiger partial charge on any atom is 0.301 e. The molecular formula is C18H16N2O2S. The van der Waals surface area contributed by atoms with Gasteiger partial charge in [-0.1, -0.05) is 24.1 Å². The Labute approximate surface area is 138 Å². The molecule has 0 fully saturated rings. The lowest BCUT2D eigenvalue weighted by molar-refractivity contribution is -0.111. The third-order valence-electron chi connectivity index (χ3n) is 3.74. The fraction of sp³-hybridized carbons (Fsp3) is 0.222. The van der Waals surface area contributed by atoms with Crippen LogP contribution in [0.2, 0.25) is 0 Å². The molecule has 2 amide bonds. The second-order valence-corrected chi connectivity index (χ2v) is 6.45. The van der Waals surface area contributed by atoms with E-state index in [-0.39, 0.29) is 0 Å². The zero-order valence-electron chi connectivity index (χ0n) is 12.5. The number of hydrogen-bond donors (Lipinski definition) is 2. The van der Waals surface area contributed by atoms with Gasteiger partial charge in [-0.15, -0.1) is 11.3 Å². The Kier molecular flexibility index (Phi) is 4.45. The molecule has 0 aliphatic heterocycles. The van der Waals surface area contributed by atoms with Gasteiger partial charge in [0.25, 0.3) is 5.91 Å². The number of hydrogen-bond acceptors (Lipinski definition) is 3. The zero-order valence-corrected chi connectivity index (χ0v) is 13.3. The second kappa shape index (κ2) is 6.67. The summed E-state index contributed by atoms with van der Waals surface area (Å²) in [5.41, 5.74) is 7.73. The number of nitrogens with two attached hydrogens (primary N) is 1. The molecule has 4 nitrogen and oxygen atoms in total. The maximum atomic E-state index is 12.0. The minimum absolute atomic E-state index is 0.435. The first-order valence-corrected chi connectivity index (χ1v) is 8.29. The summed E-state index contributed by atoms with van der Waals surface area (Å²) >= 11 is 1.44. The first-order chi connectivity index (χ1) is 11.1. The van der Waals surface area contributed by atoms with Crippen LogP contribution in [0.5, 0.6) is 0 Å². The standard InChI is InChI=1S/C18H16N2O2S/c19-17(22)16-13-8-4-5-9-14(13)23-18(16)20-15(21)11-10-12-6-2-1-3-7-12/h1-3,6-7H,4-5,8-9H2,(H2,19,22)(H,20,21). The van der Waals surface area contributed by atoms with Crippen molar-refractivity contribution in [2.24, 2.45) is 5.73 Å². The van der Waals surface area contributed by atoms with Crippen molar-refractivity contribution in [3.05, 3.63) is 51.9 Å². The Morgan fingerprint density at radius 3 is 2.61 bits per heavy atom. The van der Waals surface area contributed by atoms with Crippen molar-refractivity contribution in [1.82, 2.24) is 0 Å². The quantitative estimate of drug-likeness (QED) is 0.834. The Morgan fingerprint density at radius 1 is 1.13 bits per heavy atom. The van der Waals surface area contributed by atoms with E-state index in [1.165, 1.54) is 11.3 Å². The van der Waals surface area contributed by atoms with Crippen molar-refractivity contribution in [3.63, 3.8) is 0 Å². The third kappa shape index (κ3) is 3.43. The van der Waals surface area contributed by atoms with Crippen LogP contribution in [0.15, 0.2) is 30.3 Å². The molecule has 1 aromatic heterocycles. The van der Waals surface area contributed by atoms with Crippen molar-refractivity contribution >= 4 is 28.2 Å². The smallest absolute Gasteiger partial charge is 0.301 e. The van der Waals surface area contributed by atoms with E-state index in [4.69, 9.17) is 5.73 Å². The van der Waals surface area contributed by atoms with E-state index in [1.54, 1.807) is 0 Å². The monoisotopic (exact) mass is 324 g/mol. The number of benzene rings is 1. The summed E-state index contributed by atoms with van der Waals surface area (Å²) in [7, 11) is 0. The summed E-state index contributed by atoms with van der Waals surface area (Å²) in [5, 5.41) is 3.25. The molecule has 3 rings (SSSR count). The number of rotatable bonds is 2. The highest BCUT2D eigenvalue weighted by molar-refractivity contribution is 7.17. The molecule has 23 heavy (non-hydrogen) atoms. The van der Waals surface area contributed by atoms with Crippen LogP contribution in [0.4, 0.5) is 5.00 Å². The summed E-state index contributed by atoms with van der Waals surface area (Å²) in [6.07, 6.45) is 3.93. The Morgan fingerprint density at radius 2 is 1.87 bits per heavy atom. The molecule has 3 N–H and O–H groups in total. The highest BCUT2D eigenvalue weighted by Crippen LogP contribution is 2.37. The molecule has 0 bridgehead atoms. The van der Waals surface area contributed by atoms with Crippen LogP contribution in [-0.2, 0) is 17.6 Å². The average Bonchev–Trinajstić information content (AvgIpc) is 2.91. The molecule has 0 saturated heterocycles. The summed E-state index contributed by atoms with van der Waals surface area (Å²) < 4.78 is 0. The van der Waals surface area contributed by atoms with Gasteiger partial charge in [0.2, 0.25) is 0 Å². The molecule has 2 aromatic rings. The van der Waals surface area contributed by atoms with Crippen LogP contribution in [0.1, 0.15) is 39.2 Å². The van der Waals surface area contributed by atoms with Crippen molar-refractivity contribution in [2.45, 2.75) is 25.7 Å². The number of thiophene rings is 1. The molecule has 0 radical (unpaired) electrons. The van der Waals surface area contributed by atoms with Crippen molar-refractivity contribution in [1.29, 1.82) is 0 Å². The van der Waals surface area contributed by atoms with Gasteiger partial charge >= 0.3 is 5.91 Å². The molecule has 0 spiro atoms. The fourth-order valence-corrected chi connectivity index (χ4v) is 3.99. The second-order valence-electron chi connectivity index (χ2n) is 5.35. The molecule has 0 unspecified atom stereocenters. The van der Waals surface area contributed by atoms with Crippen molar-refractivity contribution < 1.29 is 9.59 Å². The molecule has 1 aromatic carbocycles. The van der Waals surface area contributed by atoms with E-state index in [1.807, 2.05) is 30.3 Å². The normalized spacial score (nSPS) is 12.7. The highest BCUT2D eigenvalue weighted by atomic mass is 32.1. The van der Waals surface area contributed by atoms with Gasteiger partial charge in [-0.25, -0.2) is 0 Å². The third-order valence-corrected chi connectivity index (χ3v) is 4.95. The van der Waals surface area contributed by atoms with Gasteiger partial charge in [0, 0.05) is 16.4 Å². The van der Waals surface area contributed by atoms with E-state index < -0.39 is 11.8 Å². The van der Waals surface area contributed by atoms with Crippen molar-refractivity contribution in [3.8, 4) is 11.8 Å². The van der Waals surface area contributed by atoms with Crippen LogP contribution in [0, 0.1) is 11.8 Å². The van der Waals surface area contributed by atoms with Crippen LogP contribution in [0.25, 0.3) is 0 Å². The fourth-order valence-electron chi connectivity index (χ4n) is 2.70. The van der Waals surface area contributed by atoms with Crippen LogP contribution >= 0.6 is 11.3 Å². The summed E-state index contributed by atoms with van der Waals surface area (Å²) in [6.45, 7) is 0. The van der Waals surface area contributed by atoms with E-state index in [2.05, 4.69) is 17.2 Å². The number of anilines is 1. The predicted octanol–water partition coefficient (Wildman–Crippen LogP) is 2.72. The lowest BCUT2D eigenvalue weighted by Crippen LogP contribution is -2.17. The zero-order chi connectivity index (χ0) is 16.2. The first kappa shape index (κ1) is 15.3. The van der Waals surface area contributed by atoms with Crippen molar-refractivity contribution in [2.75, 3.05) is 5.32 Å². The van der Waals surface area contributed by atoms with E-state index in [9.17, 15) is 9.59 Å². The van der Waals surface area contributed by atoms with Gasteiger partial charge < -0.3 is 11.1 Å². The number of nitrogens with one attached hydrogen (secondary N) is 1. The van der Waals surface area contributed by atoms with Crippen LogP contribution < -0.4 is 11.1 Å². The van der Waals surface area contributed by atoms with Gasteiger partial charge in [0.15, 0.2) is 0 Å². The maximum absolute atomic E-state index is 12.0. The Balaban J connectivity index is 1.83. The summed E-state index contributed by atoms with van der Waals surface area (Å²) in [4.78, 5) is 24.9. The van der Waals surface area contributed by atoms with E-state index >= 15 is 0 Å². The number of primary amides is 1. The topological polar surface area (TPSA) is 72.2 Å². The SMILES string of the molecule is NC(=O)c1c(NC(=O)C#Cc2ccccc2)sc2c1CCCC2. The van der Waals surface area contributed by atoms with E-state index in [0.29, 0.717) is 10.6 Å². The minimum Gasteiger partial charge on any atom is -0.365 e. The van der Waals surface area contributed by atoms with Gasteiger partial charge in [-0.2, -0.15) is 0 Å². The molecule has 1 aliphatic carbocycles. The number of amides is 2. The van der Waals surface area contributed by atoms with Gasteiger partial charge in [0.05, 0.1) is 5.56 Å². The van der Waals surface area contributed by atoms with Gasteiger partial charge in [-0.3, -0.25) is 9.59 Å². The van der Waals surface area contributed by atoms with Gasteiger partial charge in [0.1, 0.15) is 5.00 Å². The highest BCUT2D eigenvalue weighted by Gasteiger charge is 2.24. The molecule has 1 aliphatic rings. The molecule has 5 heteroatoms. The lowest BCUT2D eigenvalue weighted by atomic mass is 9.95. The average molecular weight is 324 g/mol. The molecule has 0 atom stereocenters. The minimum atomic E-state index is -0.490. The van der Waals surface area contributed by atoms with Crippen LogP contribution in [0.3, 0.4) is 0 Å². The molecule has 116 valence electrons. The molecule has 0 saturated carbocycles. The number of aryl methyl sites for hydroxylation is 1. The number of fused-ring (bicyclic) bond motifs is 1. The first-order valence-electron chi connectivity index (χ1n) is 7.47. The Hall–Kier alpha value is -2.58. The lowest BCUT2D eigenvalue weighted by Gasteiger charge is -2.11. The van der Waals surface area contributed by atoms with Gasteiger partial charge in [-0.05, 0) is 43.4 Å². The molecular weight excluding hydrogens is 308 g/mol. The molecule has 1 heterocycles. The van der Waals surface area contributed by atoms with Crippen LogP contribution in [-0.4, -0.2) is 11.8 Å². The predicted molar refractivity (Wildman–Crippen MR) is 91.4 cm³/mol. The Bertz CT molecular complexity index is 813. The number of carbonyl (C=O) groups excluding carboxylic acids is 2.